The molecule has 0 amide bonds. The van der Waals surface area contributed by atoms with Gasteiger partial charge in [-0.1, -0.05) is 12.1 Å². The zero-order valence-electron chi connectivity index (χ0n) is 11.8. The molecule has 0 saturated carbocycles. The van der Waals surface area contributed by atoms with Crippen molar-refractivity contribution in [3.05, 3.63) is 47.5 Å². The zero-order valence-corrected chi connectivity index (χ0v) is 11.8. The molecule has 20 heavy (non-hydrogen) atoms. The van der Waals surface area contributed by atoms with Crippen molar-refractivity contribution < 1.29 is 18.7 Å². The lowest BCUT2D eigenvalue weighted by Gasteiger charge is -2.32. The molecule has 2 atom stereocenters. The van der Waals surface area contributed by atoms with Gasteiger partial charge in [0.25, 0.3) is 0 Å². The number of rotatable bonds is 4. The maximum Gasteiger partial charge on any atom is 0.202 e. The second-order valence-electron chi connectivity index (χ2n) is 5.34. The summed E-state index contributed by atoms with van der Waals surface area (Å²) in [5, 5.41) is 0. The van der Waals surface area contributed by atoms with E-state index in [4.69, 9.17) is 4.74 Å². The SMILES string of the molecule is CC(=O)C[C@H](c1cccc(F)c1)[C@@]1(C)OC(C)=CC1=O. The van der Waals surface area contributed by atoms with Crippen LogP contribution in [0.3, 0.4) is 0 Å². The number of ketones is 2. The Labute approximate surface area is 117 Å². The zero-order chi connectivity index (χ0) is 14.9. The molecule has 0 fully saturated rings. The first-order chi connectivity index (χ1) is 9.33. The molecule has 0 spiro atoms. The van der Waals surface area contributed by atoms with Gasteiger partial charge in [0.15, 0.2) is 5.60 Å². The van der Waals surface area contributed by atoms with Crippen LogP contribution in [0.5, 0.6) is 0 Å². The maximum absolute atomic E-state index is 13.4. The standard InChI is InChI=1S/C16H17FO3/c1-10(18)7-14(12-5-4-6-13(17)9-12)16(3)15(19)8-11(2)20-16/h4-6,8-9,14H,7H2,1-3H3/t14-,16-/m1/s1. The van der Waals surface area contributed by atoms with Crippen LogP contribution >= 0.6 is 0 Å². The van der Waals surface area contributed by atoms with E-state index in [0.29, 0.717) is 11.3 Å². The predicted octanol–water partition coefficient (Wildman–Crippen LogP) is 3.15. The lowest BCUT2D eigenvalue weighted by Crippen LogP contribution is -2.40. The van der Waals surface area contributed by atoms with Gasteiger partial charge in [-0.25, -0.2) is 4.39 Å². The number of benzene rings is 1. The topological polar surface area (TPSA) is 43.4 Å². The van der Waals surface area contributed by atoms with Crippen molar-refractivity contribution in [2.75, 3.05) is 0 Å². The van der Waals surface area contributed by atoms with Crippen LogP contribution in [0.15, 0.2) is 36.1 Å². The van der Waals surface area contributed by atoms with Crippen LogP contribution in [0.1, 0.15) is 38.7 Å². The lowest BCUT2D eigenvalue weighted by atomic mass is 9.78. The molecule has 0 aliphatic carbocycles. The summed E-state index contributed by atoms with van der Waals surface area (Å²) in [5.41, 5.74) is -0.553. The molecule has 106 valence electrons. The first-order valence-corrected chi connectivity index (χ1v) is 6.49. The first-order valence-electron chi connectivity index (χ1n) is 6.49. The summed E-state index contributed by atoms with van der Waals surface area (Å²) in [6, 6.07) is 5.97. The minimum absolute atomic E-state index is 0.0681. The van der Waals surface area contributed by atoms with E-state index < -0.39 is 17.3 Å². The van der Waals surface area contributed by atoms with Crippen LogP contribution in [0.2, 0.25) is 0 Å². The van der Waals surface area contributed by atoms with E-state index in [-0.39, 0.29) is 18.0 Å². The van der Waals surface area contributed by atoms with Crippen molar-refractivity contribution in [3.8, 4) is 0 Å². The number of hydrogen-bond donors (Lipinski definition) is 0. The average Bonchev–Trinajstić information content (AvgIpc) is 2.60. The molecule has 0 aromatic heterocycles. The molecule has 2 rings (SSSR count). The summed E-state index contributed by atoms with van der Waals surface area (Å²) in [4.78, 5) is 23.7. The van der Waals surface area contributed by atoms with Crippen molar-refractivity contribution >= 4 is 11.6 Å². The van der Waals surface area contributed by atoms with Gasteiger partial charge in [-0.05, 0) is 38.5 Å². The number of ether oxygens (including phenoxy) is 1. The van der Waals surface area contributed by atoms with Crippen molar-refractivity contribution in [1.82, 2.24) is 0 Å². The van der Waals surface area contributed by atoms with Gasteiger partial charge >= 0.3 is 0 Å². The van der Waals surface area contributed by atoms with Crippen molar-refractivity contribution in [2.24, 2.45) is 0 Å². The summed E-state index contributed by atoms with van der Waals surface area (Å²) < 4.78 is 19.1. The number of carbonyl (C=O) groups is 2. The quantitative estimate of drug-likeness (QED) is 0.848. The monoisotopic (exact) mass is 276 g/mol. The lowest BCUT2D eigenvalue weighted by molar-refractivity contribution is -0.132. The molecule has 1 aliphatic rings. The molecule has 0 N–H and O–H groups in total. The van der Waals surface area contributed by atoms with E-state index in [0.717, 1.165) is 0 Å². The Morgan fingerprint density at radius 3 is 2.65 bits per heavy atom. The summed E-state index contributed by atoms with van der Waals surface area (Å²) in [6.07, 6.45) is 1.55. The molecule has 1 aliphatic heterocycles. The van der Waals surface area contributed by atoms with Gasteiger partial charge in [0, 0.05) is 18.4 Å². The Hall–Kier alpha value is -1.97. The van der Waals surface area contributed by atoms with Gasteiger partial charge < -0.3 is 9.53 Å². The molecule has 4 heteroatoms. The fraction of sp³-hybridized carbons (Fsp3) is 0.375. The first kappa shape index (κ1) is 14.4. The fourth-order valence-corrected chi connectivity index (χ4v) is 2.63. The van der Waals surface area contributed by atoms with E-state index >= 15 is 0 Å². The number of halogens is 1. The number of hydrogen-bond acceptors (Lipinski definition) is 3. The van der Waals surface area contributed by atoms with E-state index in [2.05, 4.69) is 0 Å². The highest BCUT2D eigenvalue weighted by molar-refractivity contribution is 6.00. The molecule has 0 saturated heterocycles. The molecule has 1 aromatic rings. The minimum Gasteiger partial charge on any atom is -0.483 e. The summed E-state index contributed by atoms with van der Waals surface area (Å²) in [6.45, 7) is 4.80. The van der Waals surface area contributed by atoms with Gasteiger partial charge in [-0.15, -0.1) is 0 Å². The summed E-state index contributed by atoms with van der Waals surface area (Å²) in [7, 11) is 0. The Kier molecular flexibility index (Phi) is 3.75. The van der Waals surface area contributed by atoms with Crippen LogP contribution < -0.4 is 0 Å². The molecular formula is C16H17FO3. The van der Waals surface area contributed by atoms with Crippen LogP contribution in [0.25, 0.3) is 0 Å². The van der Waals surface area contributed by atoms with E-state index in [1.165, 1.54) is 25.1 Å². The smallest absolute Gasteiger partial charge is 0.202 e. The van der Waals surface area contributed by atoms with E-state index in [9.17, 15) is 14.0 Å². The van der Waals surface area contributed by atoms with Crippen LogP contribution in [0, 0.1) is 5.82 Å². The van der Waals surface area contributed by atoms with Crippen molar-refractivity contribution in [2.45, 2.75) is 38.7 Å². The van der Waals surface area contributed by atoms with Crippen LogP contribution in [0.4, 0.5) is 4.39 Å². The highest BCUT2D eigenvalue weighted by atomic mass is 19.1. The molecule has 0 bridgehead atoms. The van der Waals surface area contributed by atoms with Crippen LogP contribution in [-0.4, -0.2) is 17.2 Å². The second-order valence-corrected chi connectivity index (χ2v) is 5.34. The molecule has 3 nitrogen and oxygen atoms in total. The molecule has 0 radical (unpaired) electrons. The fourth-order valence-electron chi connectivity index (χ4n) is 2.63. The largest absolute Gasteiger partial charge is 0.483 e. The van der Waals surface area contributed by atoms with Gasteiger partial charge in [-0.3, -0.25) is 4.79 Å². The summed E-state index contributed by atoms with van der Waals surface area (Å²) in [5.74, 6) is -0.638. The normalized spacial score (nSPS) is 23.2. The minimum atomic E-state index is -1.15. The Balaban J connectivity index is 2.44. The second kappa shape index (κ2) is 5.19. The van der Waals surface area contributed by atoms with Crippen molar-refractivity contribution in [1.29, 1.82) is 0 Å². The Bertz CT molecular complexity index is 591. The van der Waals surface area contributed by atoms with E-state index in [1.807, 2.05) is 0 Å². The van der Waals surface area contributed by atoms with Gasteiger partial charge in [0.2, 0.25) is 5.78 Å². The Morgan fingerprint density at radius 1 is 1.45 bits per heavy atom. The third kappa shape index (κ3) is 2.64. The average molecular weight is 276 g/mol. The molecule has 0 unspecified atom stereocenters. The number of allylic oxidation sites excluding steroid dienone is 1. The third-order valence-electron chi connectivity index (χ3n) is 3.60. The van der Waals surface area contributed by atoms with Gasteiger partial charge in [-0.2, -0.15) is 0 Å². The summed E-state index contributed by atoms with van der Waals surface area (Å²) >= 11 is 0. The maximum atomic E-state index is 13.4. The highest BCUT2D eigenvalue weighted by Gasteiger charge is 2.47. The van der Waals surface area contributed by atoms with Gasteiger partial charge in [0.1, 0.15) is 11.6 Å². The van der Waals surface area contributed by atoms with Gasteiger partial charge in [0.05, 0.1) is 5.76 Å². The highest BCUT2D eigenvalue weighted by Crippen LogP contribution is 2.40. The number of Topliss-reactive ketones (excluding diaryl/α,β-unsaturated/α-hetero) is 1. The molecule has 1 heterocycles. The molecular weight excluding hydrogens is 259 g/mol. The number of carbonyl (C=O) groups excluding carboxylic acids is 2. The Morgan fingerprint density at radius 2 is 2.15 bits per heavy atom. The van der Waals surface area contributed by atoms with Crippen LogP contribution in [-0.2, 0) is 14.3 Å². The molecule has 1 aromatic carbocycles. The van der Waals surface area contributed by atoms with E-state index in [1.54, 1.807) is 26.0 Å². The van der Waals surface area contributed by atoms with Crippen molar-refractivity contribution in [3.63, 3.8) is 0 Å². The third-order valence-corrected chi connectivity index (χ3v) is 3.60. The predicted molar refractivity (Wildman–Crippen MR) is 72.7 cm³/mol.